The van der Waals surface area contributed by atoms with Gasteiger partial charge in [0, 0.05) is 12.6 Å². The number of hydrogen-bond donors (Lipinski definition) is 1. The zero-order chi connectivity index (χ0) is 21.7. The van der Waals surface area contributed by atoms with Gasteiger partial charge in [0.1, 0.15) is 5.60 Å². The van der Waals surface area contributed by atoms with Crippen molar-refractivity contribution in [2.75, 3.05) is 0 Å². The Balaban J connectivity index is 2.24. The molecule has 1 aromatic rings. The van der Waals surface area contributed by atoms with Crippen LogP contribution in [0.3, 0.4) is 0 Å². The van der Waals surface area contributed by atoms with Crippen LogP contribution in [-0.2, 0) is 27.1 Å². The Morgan fingerprint density at radius 3 is 2.31 bits per heavy atom. The summed E-state index contributed by atoms with van der Waals surface area (Å²) < 4.78 is 28.9. The van der Waals surface area contributed by atoms with Crippen molar-refractivity contribution in [2.45, 2.75) is 90.2 Å². The molecule has 1 unspecified atom stereocenters. The van der Waals surface area contributed by atoms with Crippen LogP contribution in [-0.4, -0.2) is 31.1 Å². The van der Waals surface area contributed by atoms with E-state index >= 15 is 0 Å². The molecule has 0 spiro atoms. The molecule has 0 aromatic heterocycles. The number of primary sulfonamides is 1. The van der Waals surface area contributed by atoms with Crippen molar-refractivity contribution < 1.29 is 17.9 Å². The quantitative estimate of drug-likeness (QED) is 0.694. The molecule has 1 aliphatic carbocycles. The summed E-state index contributed by atoms with van der Waals surface area (Å²) in [5.74, 6) is 0.367. The molecule has 1 fully saturated rings. The van der Waals surface area contributed by atoms with Gasteiger partial charge in [-0.2, -0.15) is 0 Å². The molecule has 0 bridgehead atoms. The molecule has 0 heterocycles. The van der Waals surface area contributed by atoms with Crippen LogP contribution in [0.25, 0.3) is 0 Å². The van der Waals surface area contributed by atoms with Crippen molar-refractivity contribution >= 4 is 16.1 Å². The predicted molar refractivity (Wildman–Crippen MR) is 116 cm³/mol. The Bertz CT molecular complexity index is 780. The van der Waals surface area contributed by atoms with E-state index in [-0.39, 0.29) is 17.9 Å². The molecule has 7 heteroatoms. The third kappa shape index (κ3) is 8.34. The average Bonchev–Trinajstić information content (AvgIpc) is 2.58. The van der Waals surface area contributed by atoms with Gasteiger partial charge in [0.15, 0.2) is 0 Å². The smallest absolute Gasteiger partial charge is 0.410 e. The highest BCUT2D eigenvalue weighted by Crippen LogP contribution is 2.30. The lowest BCUT2D eigenvalue weighted by molar-refractivity contribution is 0.0127. The van der Waals surface area contributed by atoms with Gasteiger partial charge in [0.25, 0.3) is 0 Å². The number of carbonyl (C=O) groups is 1. The minimum absolute atomic E-state index is 0.00418. The van der Waals surface area contributed by atoms with E-state index in [1.165, 1.54) is 32.1 Å². The van der Waals surface area contributed by atoms with Crippen LogP contribution in [0.5, 0.6) is 0 Å². The Labute approximate surface area is 175 Å². The number of nitrogens with zero attached hydrogens (tertiary/aromatic N) is 1. The van der Waals surface area contributed by atoms with Crippen LogP contribution in [0.1, 0.15) is 77.3 Å². The molecule has 164 valence electrons. The second kappa shape index (κ2) is 9.94. The molecule has 1 saturated carbocycles. The molecule has 0 aliphatic heterocycles. The lowest BCUT2D eigenvalue weighted by atomic mass is 9.85. The molecule has 0 saturated heterocycles. The fourth-order valence-electron chi connectivity index (χ4n) is 4.01. The maximum absolute atomic E-state index is 13.0. The fourth-order valence-corrected chi connectivity index (χ4v) is 4.72. The van der Waals surface area contributed by atoms with Crippen LogP contribution in [0, 0.1) is 5.92 Å². The van der Waals surface area contributed by atoms with Gasteiger partial charge < -0.3 is 9.64 Å². The van der Waals surface area contributed by atoms with Crippen molar-refractivity contribution in [2.24, 2.45) is 11.1 Å². The van der Waals surface area contributed by atoms with E-state index < -0.39 is 15.6 Å². The standard InChI is InChI=1S/C22H36N2O4S/c1-17(14-18-10-6-5-7-11-18)24(21(25)28-22(2,3)4)15-19-12-8-9-13-20(19)16-29(23,26)27/h8-9,12-13,17-18H,5-7,10-11,14-16H2,1-4H3,(H2,23,26,27). The molecule has 0 radical (unpaired) electrons. The monoisotopic (exact) mass is 424 g/mol. The van der Waals surface area contributed by atoms with Gasteiger partial charge in [-0.25, -0.2) is 18.4 Å². The first kappa shape index (κ1) is 23.7. The van der Waals surface area contributed by atoms with Crippen LogP contribution in [0.2, 0.25) is 0 Å². The SMILES string of the molecule is CC(CC1CCCCC1)N(Cc1ccccc1CS(N)(=O)=O)C(=O)OC(C)(C)C. The first-order chi connectivity index (χ1) is 13.4. The van der Waals surface area contributed by atoms with Crippen molar-refractivity contribution in [3.8, 4) is 0 Å². The average molecular weight is 425 g/mol. The zero-order valence-electron chi connectivity index (χ0n) is 18.2. The van der Waals surface area contributed by atoms with Crippen molar-refractivity contribution in [1.29, 1.82) is 0 Å². The van der Waals surface area contributed by atoms with E-state index in [4.69, 9.17) is 9.88 Å². The first-order valence-electron chi connectivity index (χ1n) is 10.5. The van der Waals surface area contributed by atoms with Crippen LogP contribution in [0.4, 0.5) is 4.79 Å². The van der Waals surface area contributed by atoms with Crippen molar-refractivity contribution in [3.05, 3.63) is 35.4 Å². The van der Waals surface area contributed by atoms with Gasteiger partial charge in [-0.05, 0) is 51.2 Å². The number of hydrogen-bond acceptors (Lipinski definition) is 4. The van der Waals surface area contributed by atoms with Crippen LogP contribution < -0.4 is 5.14 Å². The number of sulfonamides is 1. The molecule has 2 N–H and O–H groups in total. The third-order valence-corrected chi connectivity index (χ3v) is 6.09. The summed E-state index contributed by atoms with van der Waals surface area (Å²) in [6.45, 7) is 7.91. The molecule has 1 atom stereocenters. The molecule has 1 amide bonds. The summed E-state index contributed by atoms with van der Waals surface area (Å²) in [5, 5.41) is 5.26. The number of amides is 1. The molecular weight excluding hydrogens is 388 g/mol. The van der Waals surface area contributed by atoms with E-state index in [9.17, 15) is 13.2 Å². The second-order valence-corrected chi connectivity index (χ2v) is 10.9. The summed E-state index contributed by atoms with van der Waals surface area (Å²) in [5.41, 5.74) is 0.802. The number of rotatable bonds is 7. The first-order valence-corrected chi connectivity index (χ1v) is 12.2. The maximum atomic E-state index is 13.0. The number of benzene rings is 1. The fraction of sp³-hybridized carbons (Fsp3) is 0.682. The highest BCUT2D eigenvalue weighted by molar-refractivity contribution is 7.88. The van der Waals surface area contributed by atoms with E-state index in [1.54, 1.807) is 17.0 Å². The minimum Gasteiger partial charge on any atom is -0.444 e. The van der Waals surface area contributed by atoms with E-state index in [0.29, 0.717) is 18.0 Å². The topological polar surface area (TPSA) is 89.7 Å². The maximum Gasteiger partial charge on any atom is 0.410 e. The minimum atomic E-state index is -3.66. The number of nitrogens with two attached hydrogens (primary N) is 1. The molecule has 29 heavy (non-hydrogen) atoms. The Morgan fingerprint density at radius 2 is 1.76 bits per heavy atom. The van der Waals surface area contributed by atoms with E-state index in [1.807, 2.05) is 32.9 Å². The lowest BCUT2D eigenvalue weighted by Gasteiger charge is -2.35. The predicted octanol–water partition coefficient (Wildman–Crippen LogP) is 4.57. The van der Waals surface area contributed by atoms with E-state index in [0.717, 1.165) is 12.0 Å². The summed E-state index contributed by atoms with van der Waals surface area (Å²) in [4.78, 5) is 14.7. The second-order valence-electron chi connectivity index (χ2n) is 9.27. The third-order valence-electron chi connectivity index (χ3n) is 5.38. The van der Waals surface area contributed by atoms with Gasteiger partial charge in [0.05, 0.1) is 5.75 Å². The summed E-state index contributed by atoms with van der Waals surface area (Å²) >= 11 is 0. The van der Waals surface area contributed by atoms with Crippen molar-refractivity contribution in [1.82, 2.24) is 4.90 Å². The largest absolute Gasteiger partial charge is 0.444 e. The van der Waals surface area contributed by atoms with Gasteiger partial charge in [-0.3, -0.25) is 0 Å². The summed E-state index contributed by atoms with van der Waals surface area (Å²) in [6.07, 6.45) is 6.76. The highest BCUT2D eigenvalue weighted by Gasteiger charge is 2.29. The van der Waals surface area contributed by atoms with Gasteiger partial charge in [0.2, 0.25) is 10.0 Å². The van der Waals surface area contributed by atoms with Crippen LogP contribution >= 0.6 is 0 Å². The number of ether oxygens (including phenoxy) is 1. The van der Waals surface area contributed by atoms with Crippen LogP contribution in [0.15, 0.2) is 24.3 Å². The molecular formula is C22H36N2O4S. The highest BCUT2D eigenvalue weighted by atomic mass is 32.2. The normalized spacial score (nSPS) is 17.0. The van der Waals surface area contributed by atoms with Gasteiger partial charge in [-0.1, -0.05) is 56.4 Å². The van der Waals surface area contributed by atoms with Gasteiger partial charge in [-0.15, -0.1) is 0 Å². The van der Waals surface area contributed by atoms with Gasteiger partial charge >= 0.3 is 6.09 Å². The Hall–Kier alpha value is -1.60. The lowest BCUT2D eigenvalue weighted by Crippen LogP contribution is -2.42. The van der Waals surface area contributed by atoms with Crippen molar-refractivity contribution in [3.63, 3.8) is 0 Å². The Morgan fingerprint density at radius 1 is 1.17 bits per heavy atom. The summed E-state index contributed by atoms with van der Waals surface area (Å²) in [7, 11) is -3.66. The van der Waals surface area contributed by atoms with E-state index in [2.05, 4.69) is 6.92 Å². The molecule has 1 aliphatic rings. The molecule has 6 nitrogen and oxygen atoms in total. The number of carbonyl (C=O) groups excluding carboxylic acids is 1. The summed E-state index contributed by atoms with van der Waals surface area (Å²) in [6, 6.07) is 7.23. The molecule has 1 aromatic carbocycles. The zero-order valence-corrected chi connectivity index (χ0v) is 19.0. The molecule has 2 rings (SSSR count). The Kier molecular flexibility index (Phi) is 8.11.